The Labute approximate surface area is 110 Å². The summed E-state index contributed by atoms with van der Waals surface area (Å²) in [4.78, 5) is 0. The first kappa shape index (κ1) is 13.0. The second-order valence-electron chi connectivity index (χ2n) is 4.65. The molecule has 1 saturated carbocycles. The van der Waals surface area contributed by atoms with E-state index in [-0.39, 0.29) is 0 Å². The summed E-state index contributed by atoms with van der Waals surface area (Å²) in [6.45, 7) is 2.78. The highest BCUT2D eigenvalue weighted by Gasteiger charge is 2.14. The first-order chi connectivity index (χ1) is 8.85. The molecule has 18 heavy (non-hydrogen) atoms. The Morgan fingerprint density at radius 2 is 1.72 bits per heavy atom. The molecule has 1 aliphatic rings. The lowest BCUT2D eigenvalue weighted by molar-refractivity contribution is 0.292. The molecular formula is C16H22O2. The quantitative estimate of drug-likeness (QED) is 0.733. The van der Waals surface area contributed by atoms with Crippen LogP contribution in [0.1, 0.15) is 44.6 Å². The van der Waals surface area contributed by atoms with Crippen LogP contribution < -0.4 is 4.74 Å². The van der Waals surface area contributed by atoms with E-state index in [4.69, 9.17) is 9.47 Å². The van der Waals surface area contributed by atoms with Gasteiger partial charge in [0.15, 0.2) is 0 Å². The lowest BCUT2D eigenvalue weighted by atomic mass is 9.92. The Morgan fingerprint density at radius 1 is 1.06 bits per heavy atom. The van der Waals surface area contributed by atoms with Crippen LogP contribution in [0, 0.1) is 0 Å². The average Bonchev–Trinajstić information content (AvgIpc) is 2.46. The molecule has 1 aromatic rings. The SMILES string of the molecule is CCOC(=C1CCCCC1)c1ccc(OC)cc1. The Bertz CT molecular complexity index is 396. The van der Waals surface area contributed by atoms with Crippen molar-refractivity contribution in [2.45, 2.75) is 39.0 Å². The summed E-state index contributed by atoms with van der Waals surface area (Å²) in [6.07, 6.45) is 6.30. The third-order valence-corrected chi connectivity index (χ3v) is 3.42. The van der Waals surface area contributed by atoms with Gasteiger partial charge in [0.25, 0.3) is 0 Å². The van der Waals surface area contributed by atoms with Crippen molar-refractivity contribution in [2.24, 2.45) is 0 Å². The minimum Gasteiger partial charge on any atom is -0.497 e. The molecule has 0 spiro atoms. The highest BCUT2D eigenvalue weighted by Crippen LogP contribution is 2.31. The predicted molar refractivity (Wildman–Crippen MR) is 74.6 cm³/mol. The zero-order valence-electron chi connectivity index (χ0n) is 11.4. The third-order valence-electron chi connectivity index (χ3n) is 3.42. The maximum Gasteiger partial charge on any atom is 0.125 e. The van der Waals surface area contributed by atoms with Crippen molar-refractivity contribution in [2.75, 3.05) is 13.7 Å². The van der Waals surface area contributed by atoms with E-state index in [0.717, 1.165) is 18.1 Å². The fourth-order valence-corrected chi connectivity index (χ4v) is 2.48. The molecule has 98 valence electrons. The molecule has 0 atom stereocenters. The Balaban J connectivity index is 2.27. The Kier molecular flexibility index (Phi) is 4.68. The van der Waals surface area contributed by atoms with Crippen molar-refractivity contribution in [1.82, 2.24) is 0 Å². The number of ether oxygens (including phenoxy) is 2. The normalized spacial score (nSPS) is 15.3. The zero-order valence-corrected chi connectivity index (χ0v) is 11.4. The van der Waals surface area contributed by atoms with Crippen LogP contribution in [0.25, 0.3) is 5.76 Å². The van der Waals surface area contributed by atoms with Crippen LogP contribution in [0.15, 0.2) is 29.8 Å². The van der Waals surface area contributed by atoms with Crippen LogP contribution in [0.4, 0.5) is 0 Å². The lowest BCUT2D eigenvalue weighted by Crippen LogP contribution is -2.02. The molecule has 0 N–H and O–H groups in total. The van der Waals surface area contributed by atoms with E-state index in [2.05, 4.69) is 12.1 Å². The van der Waals surface area contributed by atoms with Gasteiger partial charge in [0.1, 0.15) is 11.5 Å². The van der Waals surface area contributed by atoms with Gasteiger partial charge in [-0.15, -0.1) is 0 Å². The van der Waals surface area contributed by atoms with Gasteiger partial charge in [0.2, 0.25) is 0 Å². The smallest absolute Gasteiger partial charge is 0.125 e. The maximum atomic E-state index is 5.88. The summed E-state index contributed by atoms with van der Waals surface area (Å²) in [5.74, 6) is 1.99. The van der Waals surface area contributed by atoms with Crippen LogP contribution in [0.5, 0.6) is 5.75 Å². The molecule has 2 nitrogen and oxygen atoms in total. The van der Waals surface area contributed by atoms with Crippen molar-refractivity contribution in [3.63, 3.8) is 0 Å². The second kappa shape index (κ2) is 6.48. The third kappa shape index (κ3) is 3.06. The van der Waals surface area contributed by atoms with Crippen LogP contribution in [-0.4, -0.2) is 13.7 Å². The topological polar surface area (TPSA) is 18.5 Å². The van der Waals surface area contributed by atoms with Crippen LogP contribution >= 0.6 is 0 Å². The van der Waals surface area contributed by atoms with E-state index >= 15 is 0 Å². The molecule has 0 unspecified atom stereocenters. The van der Waals surface area contributed by atoms with Gasteiger partial charge in [0, 0.05) is 5.56 Å². The Hall–Kier alpha value is -1.44. The molecule has 2 rings (SSSR count). The number of benzene rings is 1. The average molecular weight is 246 g/mol. The molecule has 0 saturated heterocycles. The van der Waals surface area contributed by atoms with E-state index in [0.29, 0.717) is 0 Å². The number of allylic oxidation sites excluding steroid dienone is 1. The van der Waals surface area contributed by atoms with Crippen LogP contribution in [0.3, 0.4) is 0 Å². The minimum absolute atomic E-state index is 0.727. The van der Waals surface area contributed by atoms with Crippen molar-refractivity contribution in [3.05, 3.63) is 35.4 Å². The maximum absolute atomic E-state index is 5.88. The van der Waals surface area contributed by atoms with Gasteiger partial charge in [-0.05, 0) is 62.4 Å². The number of methoxy groups -OCH3 is 1. The van der Waals surface area contributed by atoms with Crippen molar-refractivity contribution >= 4 is 5.76 Å². The molecule has 1 aromatic carbocycles. The fourth-order valence-electron chi connectivity index (χ4n) is 2.48. The molecule has 0 amide bonds. The molecule has 0 radical (unpaired) electrons. The van der Waals surface area contributed by atoms with Gasteiger partial charge in [-0.25, -0.2) is 0 Å². The van der Waals surface area contributed by atoms with Gasteiger partial charge in [-0.2, -0.15) is 0 Å². The molecule has 2 heteroatoms. The van der Waals surface area contributed by atoms with Gasteiger partial charge in [-0.1, -0.05) is 6.42 Å². The van der Waals surface area contributed by atoms with E-state index in [1.165, 1.54) is 43.2 Å². The number of hydrogen-bond acceptors (Lipinski definition) is 2. The first-order valence-corrected chi connectivity index (χ1v) is 6.84. The largest absolute Gasteiger partial charge is 0.497 e. The summed E-state index contributed by atoms with van der Waals surface area (Å²) in [5, 5.41) is 0. The minimum atomic E-state index is 0.727. The summed E-state index contributed by atoms with van der Waals surface area (Å²) < 4.78 is 11.1. The fraction of sp³-hybridized carbons (Fsp3) is 0.500. The van der Waals surface area contributed by atoms with E-state index in [1.807, 2.05) is 19.1 Å². The molecule has 0 bridgehead atoms. The van der Waals surface area contributed by atoms with Crippen molar-refractivity contribution in [3.8, 4) is 5.75 Å². The summed E-state index contributed by atoms with van der Waals surface area (Å²) >= 11 is 0. The summed E-state index contributed by atoms with van der Waals surface area (Å²) in [7, 11) is 1.69. The van der Waals surface area contributed by atoms with E-state index < -0.39 is 0 Å². The molecule has 0 aromatic heterocycles. The highest BCUT2D eigenvalue weighted by atomic mass is 16.5. The summed E-state index contributed by atoms with van der Waals surface area (Å²) in [5.41, 5.74) is 2.66. The van der Waals surface area contributed by atoms with Crippen molar-refractivity contribution in [1.29, 1.82) is 0 Å². The van der Waals surface area contributed by atoms with Gasteiger partial charge < -0.3 is 9.47 Å². The highest BCUT2D eigenvalue weighted by molar-refractivity contribution is 5.64. The van der Waals surface area contributed by atoms with Gasteiger partial charge in [0.05, 0.1) is 13.7 Å². The molecule has 0 aliphatic heterocycles. The van der Waals surface area contributed by atoms with Gasteiger partial charge >= 0.3 is 0 Å². The van der Waals surface area contributed by atoms with E-state index in [1.54, 1.807) is 7.11 Å². The number of rotatable bonds is 4. The second-order valence-corrected chi connectivity index (χ2v) is 4.65. The molecular weight excluding hydrogens is 224 g/mol. The number of hydrogen-bond donors (Lipinski definition) is 0. The summed E-state index contributed by atoms with van der Waals surface area (Å²) in [6, 6.07) is 8.17. The molecule has 0 heterocycles. The van der Waals surface area contributed by atoms with Crippen LogP contribution in [-0.2, 0) is 4.74 Å². The molecule has 1 fully saturated rings. The monoisotopic (exact) mass is 246 g/mol. The van der Waals surface area contributed by atoms with Crippen molar-refractivity contribution < 1.29 is 9.47 Å². The zero-order chi connectivity index (χ0) is 12.8. The standard InChI is InChI=1S/C16H22O2/c1-3-18-16(13-7-5-4-6-8-13)14-9-11-15(17-2)12-10-14/h9-12H,3-8H2,1-2H3. The van der Waals surface area contributed by atoms with E-state index in [9.17, 15) is 0 Å². The van der Waals surface area contributed by atoms with Crippen LogP contribution in [0.2, 0.25) is 0 Å². The Morgan fingerprint density at radius 3 is 2.28 bits per heavy atom. The first-order valence-electron chi connectivity index (χ1n) is 6.84. The predicted octanol–water partition coefficient (Wildman–Crippen LogP) is 4.41. The van der Waals surface area contributed by atoms with Gasteiger partial charge in [-0.3, -0.25) is 0 Å². The molecule has 1 aliphatic carbocycles. The lowest BCUT2D eigenvalue weighted by Gasteiger charge is -2.19.